The topological polar surface area (TPSA) is 63.8 Å². The quantitative estimate of drug-likeness (QED) is 0.818. The molecular weight excluding hydrogens is 256 g/mol. The number of nitrogens with zero attached hydrogens (tertiary/aromatic N) is 2. The summed E-state index contributed by atoms with van der Waals surface area (Å²) in [6, 6.07) is 10.2. The normalized spacial score (nSPS) is 10.2. The average Bonchev–Trinajstić information content (AvgIpc) is 2.46. The van der Waals surface area contributed by atoms with Crippen LogP contribution in [0.1, 0.15) is 23.6 Å². The van der Waals surface area contributed by atoms with Crippen molar-refractivity contribution in [2.24, 2.45) is 5.73 Å². The predicted molar refractivity (Wildman–Crippen MR) is 81.1 cm³/mol. The summed E-state index contributed by atoms with van der Waals surface area (Å²) < 4.78 is 0. The van der Waals surface area contributed by atoms with Crippen molar-refractivity contribution >= 4 is 23.0 Å². The van der Waals surface area contributed by atoms with Gasteiger partial charge >= 0.3 is 0 Å². The summed E-state index contributed by atoms with van der Waals surface area (Å²) in [5.74, 6) is 0.620. The molecule has 2 rings (SSSR count). The molecule has 1 aromatic carbocycles. The van der Waals surface area contributed by atoms with Crippen molar-refractivity contribution in [1.82, 2.24) is 10.2 Å². The summed E-state index contributed by atoms with van der Waals surface area (Å²) in [6.45, 7) is 2.81. The first kappa shape index (κ1) is 13.4. The second-order valence-corrected chi connectivity index (χ2v) is 4.62. The smallest absolute Gasteiger partial charge is 0.159 e. The molecule has 3 N–H and O–H groups in total. The van der Waals surface area contributed by atoms with E-state index in [1.165, 1.54) is 11.1 Å². The molecule has 0 spiro atoms. The number of thiocarbonyl (C=S) groups is 1. The van der Waals surface area contributed by atoms with Crippen molar-refractivity contribution in [1.29, 1.82) is 0 Å². The molecule has 0 amide bonds. The van der Waals surface area contributed by atoms with Crippen LogP contribution in [0.3, 0.4) is 0 Å². The van der Waals surface area contributed by atoms with E-state index in [4.69, 9.17) is 18.0 Å². The molecule has 0 aliphatic rings. The lowest BCUT2D eigenvalue weighted by Crippen LogP contribution is -2.14. The molecule has 0 unspecified atom stereocenters. The number of benzene rings is 1. The Labute approximate surface area is 118 Å². The molecule has 98 valence electrons. The van der Waals surface area contributed by atoms with E-state index in [2.05, 4.69) is 46.7 Å². The van der Waals surface area contributed by atoms with Gasteiger partial charge in [-0.2, -0.15) is 5.10 Å². The fraction of sp³-hybridized carbons (Fsp3) is 0.214. The zero-order valence-electron chi connectivity index (χ0n) is 10.8. The van der Waals surface area contributed by atoms with Gasteiger partial charge in [0.15, 0.2) is 5.82 Å². The molecule has 0 aliphatic heterocycles. The predicted octanol–water partition coefficient (Wildman–Crippen LogP) is 2.29. The van der Waals surface area contributed by atoms with Crippen molar-refractivity contribution in [3.05, 3.63) is 53.2 Å². The van der Waals surface area contributed by atoms with E-state index in [1.54, 1.807) is 12.3 Å². The molecule has 0 bridgehead atoms. The van der Waals surface area contributed by atoms with E-state index in [0.29, 0.717) is 17.4 Å². The van der Waals surface area contributed by atoms with Crippen LogP contribution in [0.5, 0.6) is 0 Å². The lowest BCUT2D eigenvalue weighted by Gasteiger charge is -2.09. The number of aryl methyl sites for hydroxylation is 1. The van der Waals surface area contributed by atoms with Crippen molar-refractivity contribution < 1.29 is 0 Å². The molecule has 0 saturated heterocycles. The van der Waals surface area contributed by atoms with Gasteiger partial charge in [0.25, 0.3) is 0 Å². The van der Waals surface area contributed by atoms with E-state index in [-0.39, 0.29) is 0 Å². The highest BCUT2D eigenvalue weighted by Gasteiger charge is 2.06. The Balaban J connectivity index is 2.07. The second kappa shape index (κ2) is 6.24. The lowest BCUT2D eigenvalue weighted by molar-refractivity contribution is 0.995. The van der Waals surface area contributed by atoms with Crippen LogP contribution in [0, 0.1) is 0 Å². The SMILES string of the molecule is CCc1ccc(CNc2nnccc2C(N)=S)cc1. The number of anilines is 1. The van der Waals surface area contributed by atoms with E-state index in [1.807, 2.05) is 0 Å². The zero-order chi connectivity index (χ0) is 13.7. The maximum Gasteiger partial charge on any atom is 0.159 e. The van der Waals surface area contributed by atoms with Crippen LogP contribution in [0.15, 0.2) is 36.5 Å². The Morgan fingerprint density at radius 3 is 2.53 bits per heavy atom. The second-order valence-electron chi connectivity index (χ2n) is 4.18. The van der Waals surface area contributed by atoms with Gasteiger partial charge in [-0.25, -0.2) is 0 Å². The summed E-state index contributed by atoms with van der Waals surface area (Å²) in [7, 11) is 0. The number of rotatable bonds is 5. The van der Waals surface area contributed by atoms with Crippen LogP contribution in [-0.4, -0.2) is 15.2 Å². The van der Waals surface area contributed by atoms with Crippen molar-refractivity contribution in [2.75, 3.05) is 5.32 Å². The maximum atomic E-state index is 5.65. The molecular formula is C14H16N4S. The number of aromatic nitrogens is 2. The van der Waals surface area contributed by atoms with Crippen molar-refractivity contribution in [3.8, 4) is 0 Å². The first-order valence-corrected chi connectivity index (χ1v) is 6.54. The first-order chi connectivity index (χ1) is 9.20. The Hall–Kier alpha value is -2.01. The molecule has 0 aliphatic carbocycles. The van der Waals surface area contributed by atoms with E-state index >= 15 is 0 Å². The molecule has 0 saturated carbocycles. The third kappa shape index (κ3) is 3.48. The molecule has 1 aromatic heterocycles. The summed E-state index contributed by atoms with van der Waals surface area (Å²) in [5, 5.41) is 11.1. The van der Waals surface area contributed by atoms with Gasteiger partial charge in [0, 0.05) is 6.54 Å². The molecule has 4 nitrogen and oxygen atoms in total. The van der Waals surface area contributed by atoms with Crippen molar-refractivity contribution in [2.45, 2.75) is 19.9 Å². The summed E-state index contributed by atoms with van der Waals surface area (Å²) >= 11 is 4.98. The van der Waals surface area contributed by atoms with Gasteiger partial charge < -0.3 is 11.1 Å². The van der Waals surface area contributed by atoms with Crippen molar-refractivity contribution in [3.63, 3.8) is 0 Å². The highest BCUT2D eigenvalue weighted by atomic mass is 32.1. The fourth-order valence-corrected chi connectivity index (χ4v) is 1.90. The number of hydrogen-bond donors (Lipinski definition) is 2. The molecule has 2 aromatic rings. The Morgan fingerprint density at radius 1 is 1.21 bits per heavy atom. The standard InChI is InChI=1S/C14H16N4S/c1-2-10-3-5-11(6-4-10)9-16-14-12(13(15)19)7-8-17-18-14/h3-8H,2,9H2,1H3,(H2,15,19)(H,16,18). The largest absolute Gasteiger partial charge is 0.389 e. The lowest BCUT2D eigenvalue weighted by atomic mass is 10.1. The zero-order valence-corrected chi connectivity index (χ0v) is 11.6. The summed E-state index contributed by atoms with van der Waals surface area (Å²) in [6.07, 6.45) is 2.62. The monoisotopic (exact) mass is 272 g/mol. The Bertz CT molecular complexity index is 566. The molecule has 0 fully saturated rings. The highest BCUT2D eigenvalue weighted by Crippen LogP contribution is 2.12. The third-order valence-electron chi connectivity index (χ3n) is 2.88. The number of nitrogens with two attached hydrogens (primary N) is 1. The van der Waals surface area contributed by atoms with Crippen LogP contribution in [-0.2, 0) is 13.0 Å². The first-order valence-electron chi connectivity index (χ1n) is 6.14. The Kier molecular flexibility index (Phi) is 4.41. The average molecular weight is 272 g/mol. The minimum absolute atomic E-state index is 0.318. The Morgan fingerprint density at radius 2 is 1.89 bits per heavy atom. The summed E-state index contributed by atoms with van der Waals surface area (Å²) in [4.78, 5) is 0.318. The van der Waals surface area contributed by atoms with Crippen LogP contribution in [0.25, 0.3) is 0 Å². The highest BCUT2D eigenvalue weighted by molar-refractivity contribution is 7.80. The van der Waals surface area contributed by atoms with Gasteiger partial charge in [0.2, 0.25) is 0 Å². The minimum atomic E-state index is 0.318. The van der Waals surface area contributed by atoms with Gasteiger partial charge in [-0.05, 0) is 23.6 Å². The van der Waals surface area contributed by atoms with Crippen LogP contribution in [0.2, 0.25) is 0 Å². The van der Waals surface area contributed by atoms with Gasteiger partial charge in [0.05, 0.1) is 11.8 Å². The number of nitrogens with one attached hydrogen (secondary N) is 1. The van der Waals surface area contributed by atoms with Gasteiger partial charge in [-0.1, -0.05) is 43.4 Å². The van der Waals surface area contributed by atoms with Gasteiger partial charge in [-0.3, -0.25) is 0 Å². The fourth-order valence-electron chi connectivity index (χ4n) is 1.74. The number of hydrogen-bond acceptors (Lipinski definition) is 4. The minimum Gasteiger partial charge on any atom is -0.389 e. The maximum absolute atomic E-state index is 5.65. The van der Waals surface area contributed by atoms with E-state index < -0.39 is 0 Å². The third-order valence-corrected chi connectivity index (χ3v) is 3.10. The van der Waals surface area contributed by atoms with Crippen LogP contribution < -0.4 is 11.1 Å². The molecule has 19 heavy (non-hydrogen) atoms. The molecule has 5 heteroatoms. The van der Waals surface area contributed by atoms with Crippen LogP contribution in [0.4, 0.5) is 5.82 Å². The van der Waals surface area contributed by atoms with E-state index in [9.17, 15) is 0 Å². The molecule has 1 heterocycles. The summed E-state index contributed by atoms with van der Waals surface area (Å²) in [5.41, 5.74) is 8.87. The molecule has 0 atom stereocenters. The van der Waals surface area contributed by atoms with Gasteiger partial charge in [0.1, 0.15) is 4.99 Å². The van der Waals surface area contributed by atoms with Crippen LogP contribution >= 0.6 is 12.2 Å². The van der Waals surface area contributed by atoms with E-state index in [0.717, 1.165) is 12.0 Å². The molecule has 0 radical (unpaired) electrons. The van der Waals surface area contributed by atoms with Gasteiger partial charge in [-0.15, -0.1) is 5.10 Å².